The van der Waals surface area contributed by atoms with Crippen LogP contribution in [0.1, 0.15) is 119 Å². The van der Waals surface area contributed by atoms with E-state index in [1.54, 1.807) is 0 Å². The molecule has 11 nitrogen and oxygen atoms in total. The maximum Gasteiger partial charge on any atom is 1.00 e. The van der Waals surface area contributed by atoms with Gasteiger partial charge < -0.3 is 23.3 Å². The van der Waals surface area contributed by atoms with Crippen molar-refractivity contribution in [2.45, 2.75) is 155 Å². The second kappa shape index (κ2) is 14.7. The third kappa shape index (κ3) is 7.48. The van der Waals surface area contributed by atoms with E-state index in [2.05, 4.69) is 48.5 Å². The molecule has 0 radical (unpaired) electrons. The summed E-state index contributed by atoms with van der Waals surface area (Å²) in [5.74, 6) is 1.09. The Balaban J connectivity index is 0.00000260. The van der Waals surface area contributed by atoms with Crippen LogP contribution in [0.2, 0.25) is 0 Å². The fraction of sp³-hybridized carbons (Fsp3) is 1.00. The third-order valence-corrected chi connectivity index (χ3v) is 14.9. The molecule has 266 valence electrons. The standard InChI is InChI=1S/C33H56O11S2.2Na/c1-8-13-33-40-26-17-24-22-11-10-21-16-25(42-45(34,35)36)27(43-46(37,38)39)18-31(21,6)23(22)12-14-30(24,5)29(26)32(7,44-33)28(41-33)15-20(9-2)19(3)4;;/h19-29H,8-18H2,1-7H3,(H,34,35,36)(H,37,38,39);;/q;2*+1/p-2/t20-,21?,22?,23?,24?,25?,26?,27?,28?,29?,30+,31+,32-,33?;;/m1../s1. The topological polar surface area (TPSA) is 161 Å². The Kier molecular flexibility index (Phi) is 13.0. The quantitative estimate of drug-likeness (QED) is 0.164. The van der Waals surface area contributed by atoms with E-state index >= 15 is 0 Å². The van der Waals surface area contributed by atoms with Crippen molar-refractivity contribution in [1.82, 2.24) is 0 Å². The zero-order chi connectivity index (χ0) is 33.7. The van der Waals surface area contributed by atoms with E-state index in [0.717, 1.165) is 51.4 Å². The van der Waals surface area contributed by atoms with Crippen molar-refractivity contribution in [2.75, 3.05) is 0 Å². The predicted molar refractivity (Wildman–Crippen MR) is 165 cm³/mol. The van der Waals surface area contributed by atoms with Crippen molar-refractivity contribution >= 4 is 20.8 Å². The molecule has 48 heavy (non-hydrogen) atoms. The fourth-order valence-electron chi connectivity index (χ4n) is 12.1. The first-order valence-electron chi connectivity index (χ1n) is 17.6. The molecule has 6 fully saturated rings. The van der Waals surface area contributed by atoms with Gasteiger partial charge in [-0.1, -0.05) is 48.0 Å². The van der Waals surface area contributed by atoms with Crippen LogP contribution in [0.5, 0.6) is 0 Å². The van der Waals surface area contributed by atoms with Gasteiger partial charge in [0.25, 0.3) is 5.97 Å². The molecule has 4 saturated carbocycles. The van der Waals surface area contributed by atoms with Crippen LogP contribution in [-0.4, -0.2) is 61.9 Å². The van der Waals surface area contributed by atoms with Crippen molar-refractivity contribution in [3.63, 3.8) is 0 Å². The summed E-state index contributed by atoms with van der Waals surface area (Å²) in [6.07, 6.45) is 5.63. The molecule has 6 aliphatic rings. The second-order valence-corrected chi connectivity index (χ2v) is 18.6. The number of rotatable bonds is 10. The van der Waals surface area contributed by atoms with Crippen molar-refractivity contribution in [1.29, 1.82) is 0 Å². The van der Waals surface area contributed by atoms with Crippen LogP contribution in [0.25, 0.3) is 0 Å². The summed E-state index contributed by atoms with van der Waals surface area (Å²) in [5.41, 5.74) is -0.960. The van der Waals surface area contributed by atoms with E-state index in [9.17, 15) is 25.9 Å². The maximum atomic E-state index is 11.7. The Hall–Kier alpha value is 1.62. The summed E-state index contributed by atoms with van der Waals surface area (Å²) in [5, 5.41) is 0. The Morgan fingerprint density at radius 2 is 1.50 bits per heavy atom. The minimum atomic E-state index is -5.16. The molecule has 15 heteroatoms. The maximum absolute atomic E-state index is 11.7. The molecule has 2 bridgehead atoms. The summed E-state index contributed by atoms with van der Waals surface area (Å²) in [4.78, 5) is 0. The zero-order valence-electron chi connectivity index (χ0n) is 30.4. The summed E-state index contributed by atoms with van der Waals surface area (Å²) in [6, 6.07) is 0. The molecule has 0 amide bonds. The minimum Gasteiger partial charge on any atom is -0.726 e. The Labute approximate surface area is 332 Å². The van der Waals surface area contributed by atoms with Crippen molar-refractivity contribution < 1.29 is 108 Å². The molecule has 14 atom stereocenters. The van der Waals surface area contributed by atoms with Crippen LogP contribution < -0.4 is 59.1 Å². The van der Waals surface area contributed by atoms with Crippen LogP contribution in [0.3, 0.4) is 0 Å². The molecule has 0 aromatic carbocycles. The average Bonchev–Trinajstić information content (AvgIpc) is 3.33. The summed E-state index contributed by atoms with van der Waals surface area (Å²) >= 11 is 0. The first-order valence-corrected chi connectivity index (χ1v) is 20.3. The number of ether oxygens (including phenoxy) is 3. The van der Waals surface area contributed by atoms with Gasteiger partial charge in [-0.05, 0) is 111 Å². The molecular formula is C33H54Na2O11S2. The molecular weight excluding hydrogens is 682 g/mol. The largest absolute Gasteiger partial charge is 1.00 e. The molecule has 0 aromatic heterocycles. The third-order valence-electron chi connectivity index (χ3n) is 14.0. The van der Waals surface area contributed by atoms with Gasteiger partial charge in [0.2, 0.25) is 20.8 Å². The van der Waals surface area contributed by atoms with Crippen LogP contribution in [-0.2, 0) is 43.4 Å². The minimum absolute atomic E-state index is 0. The van der Waals surface area contributed by atoms with E-state index < -0.39 is 50.0 Å². The van der Waals surface area contributed by atoms with Crippen molar-refractivity contribution in [3.8, 4) is 0 Å². The molecule has 6 rings (SSSR count). The summed E-state index contributed by atoms with van der Waals surface area (Å²) < 4.78 is 100. The molecule has 0 aromatic rings. The van der Waals surface area contributed by atoms with E-state index in [-0.39, 0.29) is 107 Å². The van der Waals surface area contributed by atoms with Crippen LogP contribution >= 0.6 is 0 Å². The van der Waals surface area contributed by atoms with Crippen LogP contribution in [0, 0.1) is 52.3 Å². The van der Waals surface area contributed by atoms with E-state index in [1.807, 2.05) is 0 Å². The van der Waals surface area contributed by atoms with Crippen molar-refractivity contribution in [2.24, 2.45) is 52.3 Å². The molecule has 4 aliphatic carbocycles. The number of hydrogen-bond donors (Lipinski definition) is 0. The smallest absolute Gasteiger partial charge is 0.726 e. The Bertz CT molecular complexity index is 1380. The van der Waals surface area contributed by atoms with Gasteiger partial charge in [0, 0.05) is 12.3 Å². The van der Waals surface area contributed by atoms with Gasteiger partial charge in [-0.2, -0.15) is 0 Å². The van der Waals surface area contributed by atoms with Crippen LogP contribution in [0.4, 0.5) is 0 Å². The Morgan fingerprint density at radius 3 is 2.08 bits per heavy atom. The molecule has 2 heterocycles. The van der Waals surface area contributed by atoms with Crippen molar-refractivity contribution in [3.05, 3.63) is 0 Å². The van der Waals surface area contributed by atoms with Gasteiger partial charge >= 0.3 is 59.1 Å². The first kappa shape index (κ1) is 42.4. The summed E-state index contributed by atoms with van der Waals surface area (Å²) in [6.45, 7) is 15.8. The van der Waals surface area contributed by atoms with Gasteiger partial charge in [-0.15, -0.1) is 0 Å². The molecule has 0 N–H and O–H groups in total. The summed E-state index contributed by atoms with van der Waals surface area (Å²) in [7, 11) is -10.3. The fourth-order valence-corrected chi connectivity index (χ4v) is 13.1. The molecule has 2 aliphatic heterocycles. The van der Waals surface area contributed by atoms with E-state index in [1.165, 1.54) is 0 Å². The van der Waals surface area contributed by atoms with Gasteiger partial charge in [-0.25, -0.2) is 16.8 Å². The number of fused-ring (bicyclic) bond motifs is 10. The van der Waals surface area contributed by atoms with Gasteiger partial charge in [-0.3, -0.25) is 8.37 Å². The normalized spacial score (nSPS) is 47.2. The molecule has 2 saturated heterocycles. The molecule has 0 spiro atoms. The van der Waals surface area contributed by atoms with Gasteiger partial charge in [0.1, 0.15) is 17.8 Å². The predicted octanol–water partition coefficient (Wildman–Crippen LogP) is -0.337. The van der Waals surface area contributed by atoms with Gasteiger partial charge in [0.05, 0.1) is 12.2 Å². The molecule has 10 unspecified atom stereocenters. The first-order chi connectivity index (χ1) is 21.3. The van der Waals surface area contributed by atoms with E-state index in [4.69, 9.17) is 22.6 Å². The SMILES string of the molecule is CCCC12OC3CC4C5CCC6CC(OS(=O)(=O)[O-])C(OS(=O)(=O)[O-])C[C@]6(C)C5CC[C@]4(C)C3[C@](C)(O1)C(C[C@@H](CC)C(C)C)O2.[Na+].[Na+]. The Morgan fingerprint density at radius 1 is 0.854 bits per heavy atom. The monoisotopic (exact) mass is 736 g/mol. The van der Waals surface area contributed by atoms with Crippen LogP contribution in [0.15, 0.2) is 0 Å². The average molecular weight is 737 g/mol. The number of hydrogen-bond acceptors (Lipinski definition) is 11. The van der Waals surface area contributed by atoms with E-state index in [0.29, 0.717) is 30.1 Å². The second-order valence-electron chi connectivity index (χ2n) is 16.6. The van der Waals surface area contributed by atoms with Gasteiger partial charge in [0.15, 0.2) is 0 Å². The zero-order valence-corrected chi connectivity index (χ0v) is 36.1.